The lowest BCUT2D eigenvalue weighted by Crippen LogP contribution is -2.26. The molecule has 0 aliphatic heterocycles. The zero-order valence-electron chi connectivity index (χ0n) is 15.4. The van der Waals surface area contributed by atoms with Crippen LogP contribution in [0.4, 0.5) is 4.39 Å². The summed E-state index contributed by atoms with van der Waals surface area (Å²) in [6, 6.07) is 13.5. The smallest absolute Gasteiger partial charge is 0.295 e. The van der Waals surface area contributed by atoms with E-state index in [9.17, 15) is 14.0 Å². The van der Waals surface area contributed by atoms with Crippen LogP contribution in [0.3, 0.4) is 0 Å². The van der Waals surface area contributed by atoms with Crippen LogP contribution in [-0.2, 0) is 18.6 Å². The van der Waals surface area contributed by atoms with Gasteiger partial charge in [0.1, 0.15) is 10.8 Å². The predicted molar refractivity (Wildman–Crippen MR) is 108 cm³/mol. The summed E-state index contributed by atoms with van der Waals surface area (Å²) in [5, 5.41) is 0.751. The molecule has 0 fully saturated rings. The van der Waals surface area contributed by atoms with Gasteiger partial charge in [-0.3, -0.25) is 9.36 Å². The Bertz CT molecular complexity index is 1110. The normalized spacial score (nSPS) is 12.8. The van der Waals surface area contributed by atoms with Crippen molar-refractivity contribution >= 4 is 17.5 Å². The van der Waals surface area contributed by atoms with Crippen molar-refractivity contribution in [3.8, 4) is 5.69 Å². The minimum absolute atomic E-state index is 0.0361. The van der Waals surface area contributed by atoms with Gasteiger partial charge in [0.05, 0.1) is 5.69 Å². The van der Waals surface area contributed by atoms with Gasteiger partial charge in [0.2, 0.25) is 0 Å². The first kappa shape index (κ1) is 18.6. The van der Waals surface area contributed by atoms with Crippen LogP contribution in [0.2, 0.25) is 0 Å². The second-order valence-corrected chi connectivity index (χ2v) is 7.80. The fourth-order valence-electron chi connectivity index (χ4n) is 3.51. The van der Waals surface area contributed by atoms with Crippen LogP contribution in [0.15, 0.2) is 58.4 Å². The number of rotatable bonds is 5. The average molecular weight is 394 g/mol. The number of Topliss-reactive ketones (excluding diaryl/α,β-unsaturated/α-hetero) is 1. The standard InChI is InChI=1S/C22H19FN2O2S/c1-14(26)16-4-2-5-18(12-16)25-20-7-3-6-19(20)21(24-22(25)27)28-13-15-8-10-17(23)11-9-15/h2,4-5,8-12H,3,6-7,13H2,1H3. The third-order valence-corrected chi connectivity index (χ3v) is 5.99. The zero-order valence-corrected chi connectivity index (χ0v) is 16.3. The summed E-state index contributed by atoms with van der Waals surface area (Å²) in [5.74, 6) is 0.331. The van der Waals surface area contributed by atoms with Crippen molar-refractivity contribution in [1.82, 2.24) is 9.55 Å². The van der Waals surface area contributed by atoms with Crippen LogP contribution in [0.25, 0.3) is 5.69 Å². The maximum atomic E-state index is 13.1. The van der Waals surface area contributed by atoms with E-state index < -0.39 is 0 Å². The number of carbonyl (C=O) groups excluding carboxylic acids is 1. The highest BCUT2D eigenvalue weighted by Gasteiger charge is 2.23. The zero-order chi connectivity index (χ0) is 19.7. The van der Waals surface area contributed by atoms with E-state index in [2.05, 4.69) is 4.98 Å². The second-order valence-electron chi connectivity index (χ2n) is 6.84. The monoisotopic (exact) mass is 394 g/mol. The van der Waals surface area contributed by atoms with Crippen molar-refractivity contribution in [2.45, 2.75) is 37.0 Å². The highest BCUT2D eigenvalue weighted by atomic mass is 32.2. The predicted octanol–water partition coefficient (Wildman–Crippen LogP) is 4.36. The third kappa shape index (κ3) is 3.64. The number of halogens is 1. The van der Waals surface area contributed by atoms with Gasteiger partial charge in [-0.25, -0.2) is 9.18 Å². The fourth-order valence-corrected chi connectivity index (χ4v) is 4.54. The van der Waals surface area contributed by atoms with Gasteiger partial charge >= 0.3 is 5.69 Å². The third-order valence-electron chi connectivity index (χ3n) is 4.90. The van der Waals surface area contributed by atoms with Crippen LogP contribution >= 0.6 is 11.8 Å². The summed E-state index contributed by atoms with van der Waals surface area (Å²) < 4.78 is 14.7. The van der Waals surface area contributed by atoms with Crippen molar-refractivity contribution in [3.05, 3.63) is 87.2 Å². The molecule has 1 aliphatic rings. The molecule has 6 heteroatoms. The van der Waals surface area contributed by atoms with E-state index in [1.165, 1.54) is 30.8 Å². The molecule has 28 heavy (non-hydrogen) atoms. The van der Waals surface area contributed by atoms with Crippen LogP contribution in [0.5, 0.6) is 0 Å². The minimum Gasteiger partial charge on any atom is -0.295 e. The molecule has 1 heterocycles. The maximum absolute atomic E-state index is 13.1. The van der Waals surface area contributed by atoms with Crippen LogP contribution < -0.4 is 5.69 Å². The fraction of sp³-hybridized carbons (Fsp3) is 0.227. The molecule has 0 saturated carbocycles. The van der Waals surface area contributed by atoms with Crippen LogP contribution in [0.1, 0.15) is 40.5 Å². The Hall–Kier alpha value is -2.73. The molecule has 0 spiro atoms. The van der Waals surface area contributed by atoms with Gasteiger partial charge in [-0.2, -0.15) is 4.98 Å². The Balaban J connectivity index is 1.70. The summed E-state index contributed by atoms with van der Waals surface area (Å²) in [4.78, 5) is 28.9. The van der Waals surface area contributed by atoms with Crippen molar-refractivity contribution in [2.75, 3.05) is 0 Å². The van der Waals surface area contributed by atoms with Gasteiger partial charge in [0, 0.05) is 22.6 Å². The highest BCUT2D eigenvalue weighted by molar-refractivity contribution is 7.98. The summed E-state index contributed by atoms with van der Waals surface area (Å²) in [6.07, 6.45) is 2.65. The van der Waals surface area contributed by atoms with Crippen molar-refractivity contribution in [1.29, 1.82) is 0 Å². The van der Waals surface area contributed by atoms with Gasteiger partial charge in [-0.1, -0.05) is 24.3 Å². The first-order chi connectivity index (χ1) is 13.5. The molecule has 0 N–H and O–H groups in total. The van der Waals surface area contributed by atoms with Crippen molar-refractivity contribution in [3.63, 3.8) is 0 Å². The molecule has 142 valence electrons. The Morgan fingerprint density at radius 2 is 1.96 bits per heavy atom. The second kappa shape index (κ2) is 7.72. The van der Waals surface area contributed by atoms with E-state index in [0.717, 1.165) is 41.1 Å². The van der Waals surface area contributed by atoms with Gasteiger partial charge in [-0.15, -0.1) is 11.8 Å². The number of hydrogen-bond donors (Lipinski definition) is 0. The largest absolute Gasteiger partial charge is 0.353 e. The summed E-state index contributed by atoms with van der Waals surface area (Å²) >= 11 is 1.51. The van der Waals surface area contributed by atoms with E-state index in [1.54, 1.807) is 34.9 Å². The lowest BCUT2D eigenvalue weighted by molar-refractivity contribution is 0.101. The summed E-state index contributed by atoms with van der Waals surface area (Å²) in [6.45, 7) is 1.51. The van der Waals surface area contributed by atoms with Crippen LogP contribution in [0, 0.1) is 5.82 Å². The number of hydrogen-bond acceptors (Lipinski definition) is 4. The molecule has 4 nitrogen and oxygen atoms in total. The van der Waals surface area contributed by atoms with Gasteiger partial charge in [0.25, 0.3) is 0 Å². The molecule has 4 rings (SSSR count). The van der Waals surface area contributed by atoms with Crippen LogP contribution in [-0.4, -0.2) is 15.3 Å². The molecular weight excluding hydrogens is 375 g/mol. The molecule has 2 aromatic carbocycles. The van der Waals surface area contributed by atoms with E-state index in [4.69, 9.17) is 0 Å². The summed E-state index contributed by atoms with van der Waals surface area (Å²) in [7, 11) is 0. The molecule has 0 bridgehead atoms. The first-order valence-corrected chi connectivity index (χ1v) is 10.1. The maximum Gasteiger partial charge on any atom is 0.353 e. The number of fused-ring (bicyclic) bond motifs is 1. The average Bonchev–Trinajstić information content (AvgIpc) is 3.17. The topological polar surface area (TPSA) is 52.0 Å². The van der Waals surface area contributed by atoms with Gasteiger partial charge in [-0.05, 0) is 56.0 Å². The molecule has 0 amide bonds. The SMILES string of the molecule is CC(=O)c1cccc(-n2c3c(c(SCc4ccc(F)cc4)nc2=O)CCC3)c1. The molecule has 1 aromatic heterocycles. The first-order valence-electron chi connectivity index (χ1n) is 9.16. The number of benzene rings is 2. The molecule has 0 atom stereocenters. The number of ketones is 1. The minimum atomic E-state index is -0.331. The Labute approximate surface area is 166 Å². The Morgan fingerprint density at radius 3 is 2.71 bits per heavy atom. The van der Waals surface area contributed by atoms with Crippen molar-refractivity contribution < 1.29 is 9.18 Å². The van der Waals surface area contributed by atoms with E-state index in [0.29, 0.717) is 17.0 Å². The quantitative estimate of drug-likeness (QED) is 0.367. The molecular formula is C22H19FN2O2S. The molecule has 0 unspecified atom stereocenters. The van der Waals surface area contributed by atoms with Gasteiger partial charge < -0.3 is 0 Å². The highest BCUT2D eigenvalue weighted by Crippen LogP contribution is 2.32. The van der Waals surface area contributed by atoms with Crippen molar-refractivity contribution in [2.24, 2.45) is 0 Å². The molecule has 1 aliphatic carbocycles. The molecule has 0 radical (unpaired) electrons. The Morgan fingerprint density at radius 1 is 1.18 bits per heavy atom. The van der Waals surface area contributed by atoms with E-state index in [-0.39, 0.29) is 17.3 Å². The summed E-state index contributed by atoms with van der Waals surface area (Å²) in [5.41, 5.74) is 3.98. The van der Waals surface area contributed by atoms with E-state index in [1.807, 2.05) is 6.07 Å². The number of nitrogens with zero attached hydrogens (tertiary/aromatic N) is 2. The number of thioether (sulfide) groups is 1. The Kier molecular flexibility index (Phi) is 5.13. The molecule has 0 saturated heterocycles. The van der Waals surface area contributed by atoms with Gasteiger partial charge in [0.15, 0.2) is 5.78 Å². The number of aromatic nitrogens is 2. The lowest BCUT2D eigenvalue weighted by atomic mass is 10.1. The number of carbonyl (C=O) groups is 1. The van der Waals surface area contributed by atoms with E-state index >= 15 is 0 Å². The molecule has 3 aromatic rings. The lowest BCUT2D eigenvalue weighted by Gasteiger charge is -2.15.